The Labute approximate surface area is 133 Å². The summed E-state index contributed by atoms with van der Waals surface area (Å²) < 4.78 is 0.995. The van der Waals surface area contributed by atoms with E-state index in [4.69, 9.17) is 0 Å². The predicted octanol–water partition coefficient (Wildman–Crippen LogP) is 4.96. The average molecular weight is 341 g/mol. The molecule has 0 saturated carbocycles. The molecule has 2 aliphatic carbocycles. The van der Waals surface area contributed by atoms with Gasteiger partial charge in [-0.15, -0.1) is 0 Å². The molecule has 0 heterocycles. The second-order valence-corrected chi connectivity index (χ2v) is 7.23. The molecule has 0 fully saturated rings. The number of benzene rings is 2. The van der Waals surface area contributed by atoms with Crippen molar-refractivity contribution in [2.45, 2.75) is 32.6 Å². The Morgan fingerprint density at radius 2 is 1.86 bits per heavy atom. The highest BCUT2D eigenvalue weighted by Gasteiger charge is 2.44. The van der Waals surface area contributed by atoms with Crippen LogP contribution in [0.15, 0.2) is 34.8 Å². The van der Waals surface area contributed by atoms with Gasteiger partial charge in [-0.2, -0.15) is 0 Å². The van der Waals surface area contributed by atoms with Gasteiger partial charge in [-0.1, -0.05) is 34.1 Å². The number of hydrogen-bond donors (Lipinski definition) is 0. The molecule has 2 aromatic carbocycles. The highest BCUT2D eigenvalue weighted by molar-refractivity contribution is 9.10. The topological polar surface area (TPSA) is 17.1 Å². The molecule has 2 aliphatic rings. The number of Topliss-reactive ketones (excluding diaryl/α,β-unsaturated/α-hetero) is 1. The van der Waals surface area contributed by atoms with Crippen LogP contribution in [0.2, 0.25) is 0 Å². The van der Waals surface area contributed by atoms with E-state index in [9.17, 15) is 4.79 Å². The van der Waals surface area contributed by atoms with E-state index >= 15 is 0 Å². The van der Waals surface area contributed by atoms with E-state index in [2.05, 4.69) is 54.0 Å². The third-order valence-corrected chi connectivity index (χ3v) is 5.67. The van der Waals surface area contributed by atoms with Crippen molar-refractivity contribution in [2.75, 3.05) is 0 Å². The molecule has 2 aromatic rings. The molecular weight excluding hydrogens is 324 g/mol. The van der Waals surface area contributed by atoms with Crippen molar-refractivity contribution in [3.63, 3.8) is 0 Å². The van der Waals surface area contributed by atoms with Crippen molar-refractivity contribution in [3.8, 4) is 0 Å². The number of aryl methyl sites for hydroxylation is 2. The Morgan fingerprint density at radius 3 is 2.67 bits per heavy atom. The Hall–Kier alpha value is -1.41. The number of ketones is 1. The van der Waals surface area contributed by atoms with Crippen molar-refractivity contribution >= 4 is 21.7 Å². The second kappa shape index (κ2) is 4.54. The van der Waals surface area contributed by atoms with Gasteiger partial charge in [0.25, 0.3) is 0 Å². The lowest BCUT2D eigenvalue weighted by atomic mass is 9.72. The minimum absolute atomic E-state index is 0.141. The molecule has 4 rings (SSSR count). The fourth-order valence-corrected chi connectivity index (χ4v) is 4.55. The summed E-state index contributed by atoms with van der Waals surface area (Å²) >= 11 is 3.50. The van der Waals surface area contributed by atoms with Crippen LogP contribution < -0.4 is 0 Å². The van der Waals surface area contributed by atoms with Gasteiger partial charge in [0.05, 0.1) is 0 Å². The first-order valence-corrected chi connectivity index (χ1v) is 8.30. The van der Waals surface area contributed by atoms with Crippen molar-refractivity contribution in [1.82, 2.24) is 0 Å². The molecular formula is C19H17BrO. The molecule has 2 heteroatoms. The summed E-state index contributed by atoms with van der Waals surface area (Å²) in [6.45, 7) is 4.37. The number of fused-ring (bicyclic) bond motifs is 5. The maximum absolute atomic E-state index is 12.8. The molecule has 1 nitrogen and oxygen atoms in total. The van der Waals surface area contributed by atoms with E-state index in [1.54, 1.807) is 0 Å². The third kappa shape index (κ3) is 1.78. The minimum Gasteiger partial charge on any atom is -0.294 e. The van der Waals surface area contributed by atoms with Gasteiger partial charge in [0.2, 0.25) is 0 Å². The fourth-order valence-electron chi connectivity index (χ4n) is 4.19. The lowest BCUT2D eigenvalue weighted by Gasteiger charge is -2.30. The summed E-state index contributed by atoms with van der Waals surface area (Å²) in [5.41, 5.74) is 7.73. The Bertz CT molecular complexity index is 775. The van der Waals surface area contributed by atoms with Crippen molar-refractivity contribution in [2.24, 2.45) is 5.92 Å². The molecule has 0 radical (unpaired) electrons. The molecule has 0 unspecified atom stereocenters. The number of hydrogen-bond acceptors (Lipinski definition) is 1. The molecule has 0 aliphatic heterocycles. The lowest BCUT2D eigenvalue weighted by molar-refractivity contribution is 0.0919. The first kappa shape index (κ1) is 13.3. The first-order chi connectivity index (χ1) is 10.1. The van der Waals surface area contributed by atoms with Crippen LogP contribution in [0, 0.1) is 19.8 Å². The molecule has 0 N–H and O–H groups in total. The van der Waals surface area contributed by atoms with Crippen molar-refractivity contribution in [3.05, 3.63) is 68.2 Å². The summed E-state index contributed by atoms with van der Waals surface area (Å²) in [5.74, 6) is 0.745. The van der Waals surface area contributed by atoms with Crippen LogP contribution in [-0.2, 0) is 6.42 Å². The maximum atomic E-state index is 12.8. The van der Waals surface area contributed by atoms with Gasteiger partial charge in [0, 0.05) is 21.9 Å². The molecule has 0 spiro atoms. The van der Waals surface area contributed by atoms with Crippen LogP contribution in [0.3, 0.4) is 0 Å². The van der Waals surface area contributed by atoms with Crippen LogP contribution >= 0.6 is 15.9 Å². The lowest BCUT2D eigenvalue weighted by Crippen LogP contribution is -2.23. The summed E-state index contributed by atoms with van der Waals surface area (Å²) in [4.78, 5) is 12.8. The molecule has 0 saturated heterocycles. The first-order valence-electron chi connectivity index (χ1n) is 7.50. The van der Waals surface area contributed by atoms with Gasteiger partial charge in [-0.05, 0) is 66.6 Å². The number of rotatable bonds is 0. The SMILES string of the molecule is Cc1ccc(C)c2c1CC[C@@H]1C(=O)c3cc(Br)ccc3[C@H]21. The van der Waals surface area contributed by atoms with Gasteiger partial charge in [0.15, 0.2) is 5.78 Å². The van der Waals surface area contributed by atoms with E-state index in [1.165, 1.54) is 27.8 Å². The van der Waals surface area contributed by atoms with Crippen LogP contribution in [0.25, 0.3) is 0 Å². The number of carbonyl (C=O) groups is 1. The van der Waals surface area contributed by atoms with Gasteiger partial charge < -0.3 is 0 Å². The van der Waals surface area contributed by atoms with Crippen LogP contribution in [0.1, 0.15) is 50.5 Å². The minimum atomic E-state index is 0.141. The Balaban J connectivity index is 2.00. The molecule has 0 amide bonds. The summed E-state index contributed by atoms with van der Waals surface area (Å²) in [6, 6.07) is 10.6. The van der Waals surface area contributed by atoms with Crippen LogP contribution in [-0.4, -0.2) is 5.78 Å². The van der Waals surface area contributed by atoms with E-state index in [-0.39, 0.29) is 11.8 Å². The fraction of sp³-hybridized carbons (Fsp3) is 0.316. The van der Waals surface area contributed by atoms with Crippen LogP contribution in [0.4, 0.5) is 0 Å². The maximum Gasteiger partial charge on any atom is 0.167 e. The van der Waals surface area contributed by atoms with E-state index in [1.807, 2.05) is 6.07 Å². The Kier molecular flexibility index (Phi) is 2.87. The summed E-state index contributed by atoms with van der Waals surface area (Å²) in [6.07, 6.45) is 2.01. The average Bonchev–Trinajstić information content (AvgIpc) is 2.76. The van der Waals surface area contributed by atoms with Crippen molar-refractivity contribution < 1.29 is 4.79 Å². The van der Waals surface area contributed by atoms with E-state index < -0.39 is 0 Å². The predicted molar refractivity (Wildman–Crippen MR) is 88.0 cm³/mol. The van der Waals surface area contributed by atoms with E-state index in [0.717, 1.165) is 22.9 Å². The monoisotopic (exact) mass is 340 g/mol. The van der Waals surface area contributed by atoms with Crippen molar-refractivity contribution in [1.29, 1.82) is 0 Å². The number of halogens is 1. The normalized spacial score (nSPS) is 22.7. The molecule has 0 aromatic heterocycles. The zero-order valence-electron chi connectivity index (χ0n) is 12.2. The highest BCUT2D eigenvalue weighted by atomic mass is 79.9. The second-order valence-electron chi connectivity index (χ2n) is 6.31. The molecule has 21 heavy (non-hydrogen) atoms. The molecule has 0 bridgehead atoms. The van der Waals surface area contributed by atoms with Gasteiger partial charge >= 0.3 is 0 Å². The zero-order chi connectivity index (χ0) is 14.7. The van der Waals surface area contributed by atoms with Gasteiger partial charge in [-0.25, -0.2) is 0 Å². The summed E-state index contributed by atoms with van der Waals surface area (Å²) in [7, 11) is 0. The number of carbonyl (C=O) groups excluding carboxylic acids is 1. The zero-order valence-corrected chi connectivity index (χ0v) is 13.8. The third-order valence-electron chi connectivity index (χ3n) is 5.18. The highest BCUT2D eigenvalue weighted by Crippen LogP contribution is 2.50. The largest absolute Gasteiger partial charge is 0.294 e. The van der Waals surface area contributed by atoms with Gasteiger partial charge in [0.1, 0.15) is 0 Å². The Morgan fingerprint density at radius 1 is 1.10 bits per heavy atom. The molecule has 2 atom stereocenters. The quantitative estimate of drug-likeness (QED) is 0.662. The standard InChI is InChI=1S/C19H17BrO/c1-10-3-4-11(2)17-13(10)7-8-15-18(17)14-6-5-12(20)9-16(14)19(15)21/h3-6,9,15,18H,7-8H2,1-2H3/t15-,18-/m0/s1. The summed E-state index contributed by atoms with van der Waals surface area (Å²) in [5, 5.41) is 0. The van der Waals surface area contributed by atoms with Gasteiger partial charge in [-0.3, -0.25) is 4.79 Å². The van der Waals surface area contributed by atoms with E-state index in [0.29, 0.717) is 5.78 Å². The van der Waals surface area contributed by atoms with Crippen LogP contribution in [0.5, 0.6) is 0 Å². The molecule has 106 valence electrons. The smallest absolute Gasteiger partial charge is 0.167 e.